The molecule has 0 saturated heterocycles. The Labute approximate surface area is 110 Å². The van der Waals surface area contributed by atoms with E-state index in [1.807, 2.05) is 18.2 Å². The Balaban J connectivity index is 2.01. The normalized spacial score (nSPS) is 10.1. The lowest BCUT2D eigenvalue weighted by atomic mass is 10.0. The molecule has 4 nitrogen and oxygen atoms in total. The standard InChI is InChI=1S/C15H13NO3/c17-15(13-6-2-1-3-7-13)10-9-12-5-4-8-14(11-12)16(18)19/h1-8,11H,9-10H2. The first-order valence-electron chi connectivity index (χ1n) is 5.98. The van der Waals surface area contributed by atoms with E-state index in [4.69, 9.17) is 0 Å². The van der Waals surface area contributed by atoms with E-state index in [9.17, 15) is 14.9 Å². The van der Waals surface area contributed by atoms with E-state index in [-0.39, 0.29) is 11.5 Å². The second-order valence-corrected chi connectivity index (χ2v) is 4.22. The van der Waals surface area contributed by atoms with E-state index in [2.05, 4.69) is 0 Å². The van der Waals surface area contributed by atoms with Crippen LogP contribution >= 0.6 is 0 Å². The molecule has 0 aliphatic carbocycles. The second-order valence-electron chi connectivity index (χ2n) is 4.22. The molecule has 0 atom stereocenters. The summed E-state index contributed by atoms with van der Waals surface area (Å²) in [6.07, 6.45) is 0.862. The molecule has 0 bridgehead atoms. The molecule has 0 radical (unpaired) electrons. The van der Waals surface area contributed by atoms with E-state index in [0.717, 1.165) is 5.56 Å². The minimum absolute atomic E-state index is 0.0482. The average molecular weight is 255 g/mol. The molecule has 0 amide bonds. The molecule has 0 N–H and O–H groups in total. The third-order valence-electron chi connectivity index (χ3n) is 2.86. The molecule has 2 aromatic rings. The minimum atomic E-state index is -0.428. The summed E-state index contributed by atoms with van der Waals surface area (Å²) in [5, 5.41) is 10.7. The first-order chi connectivity index (χ1) is 9.16. The second kappa shape index (κ2) is 5.91. The molecule has 96 valence electrons. The summed E-state index contributed by atoms with van der Waals surface area (Å²) in [6.45, 7) is 0. The fraction of sp³-hybridized carbons (Fsp3) is 0.133. The molecule has 0 spiro atoms. The van der Waals surface area contributed by atoms with Crippen LogP contribution in [-0.4, -0.2) is 10.7 Å². The summed E-state index contributed by atoms with van der Waals surface area (Å²) in [6, 6.07) is 15.4. The van der Waals surface area contributed by atoms with Crippen LogP contribution in [-0.2, 0) is 6.42 Å². The zero-order valence-electron chi connectivity index (χ0n) is 10.3. The van der Waals surface area contributed by atoms with Gasteiger partial charge in [0.2, 0.25) is 0 Å². The van der Waals surface area contributed by atoms with Gasteiger partial charge in [0.05, 0.1) is 4.92 Å². The van der Waals surface area contributed by atoms with Crippen LogP contribution in [0.15, 0.2) is 54.6 Å². The van der Waals surface area contributed by atoms with Crippen molar-refractivity contribution in [1.29, 1.82) is 0 Å². The number of aryl methyl sites for hydroxylation is 1. The first-order valence-corrected chi connectivity index (χ1v) is 5.98. The molecule has 0 aromatic heterocycles. The monoisotopic (exact) mass is 255 g/mol. The number of nitro benzene ring substituents is 1. The van der Waals surface area contributed by atoms with Gasteiger partial charge in [0.15, 0.2) is 5.78 Å². The third kappa shape index (κ3) is 3.48. The third-order valence-corrected chi connectivity index (χ3v) is 2.86. The van der Waals surface area contributed by atoms with Crippen LogP contribution in [0.5, 0.6) is 0 Å². The van der Waals surface area contributed by atoms with Crippen molar-refractivity contribution < 1.29 is 9.72 Å². The smallest absolute Gasteiger partial charge is 0.269 e. The zero-order chi connectivity index (χ0) is 13.7. The van der Waals surface area contributed by atoms with Crippen molar-refractivity contribution in [3.05, 3.63) is 75.8 Å². The number of Topliss-reactive ketones (excluding diaryl/α,β-unsaturated/α-hetero) is 1. The van der Waals surface area contributed by atoms with Crippen molar-refractivity contribution in [1.82, 2.24) is 0 Å². The van der Waals surface area contributed by atoms with Gasteiger partial charge in [-0.1, -0.05) is 42.5 Å². The van der Waals surface area contributed by atoms with Crippen molar-refractivity contribution in [2.45, 2.75) is 12.8 Å². The number of rotatable bonds is 5. The Morgan fingerprint density at radius 1 is 1.05 bits per heavy atom. The fourth-order valence-corrected chi connectivity index (χ4v) is 1.85. The maximum atomic E-state index is 11.9. The van der Waals surface area contributed by atoms with E-state index < -0.39 is 4.92 Å². The van der Waals surface area contributed by atoms with Crippen LogP contribution in [0.3, 0.4) is 0 Å². The lowest BCUT2D eigenvalue weighted by molar-refractivity contribution is -0.384. The molecule has 2 rings (SSSR count). The Morgan fingerprint density at radius 3 is 2.47 bits per heavy atom. The quantitative estimate of drug-likeness (QED) is 0.467. The van der Waals surface area contributed by atoms with E-state index in [1.165, 1.54) is 12.1 Å². The summed E-state index contributed by atoms with van der Waals surface area (Å²) < 4.78 is 0. The number of carbonyl (C=O) groups is 1. The Bertz CT molecular complexity index is 593. The summed E-state index contributed by atoms with van der Waals surface area (Å²) in [5.74, 6) is 0.0482. The van der Waals surface area contributed by atoms with Gasteiger partial charge in [-0.05, 0) is 12.0 Å². The summed E-state index contributed by atoms with van der Waals surface area (Å²) in [4.78, 5) is 22.1. The highest BCUT2D eigenvalue weighted by Crippen LogP contribution is 2.15. The minimum Gasteiger partial charge on any atom is -0.294 e. The van der Waals surface area contributed by atoms with Crippen LogP contribution in [0.1, 0.15) is 22.3 Å². The highest BCUT2D eigenvalue weighted by molar-refractivity contribution is 5.96. The number of hydrogen-bond donors (Lipinski definition) is 0. The summed E-state index contributed by atoms with van der Waals surface area (Å²) in [5.41, 5.74) is 1.54. The molecular weight excluding hydrogens is 242 g/mol. The van der Waals surface area contributed by atoms with Crippen molar-refractivity contribution in [3.63, 3.8) is 0 Å². The molecular formula is C15H13NO3. The van der Waals surface area contributed by atoms with Gasteiger partial charge >= 0.3 is 0 Å². The molecule has 0 heterocycles. The van der Waals surface area contributed by atoms with Gasteiger partial charge in [-0.2, -0.15) is 0 Å². The largest absolute Gasteiger partial charge is 0.294 e. The number of nitrogens with zero attached hydrogens (tertiary/aromatic N) is 1. The molecule has 0 saturated carbocycles. The first kappa shape index (κ1) is 13.0. The van der Waals surface area contributed by atoms with Gasteiger partial charge in [-0.25, -0.2) is 0 Å². The Hall–Kier alpha value is -2.49. The van der Waals surface area contributed by atoms with E-state index >= 15 is 0 Å². The zero-order valence-corrected chi connectivity index (χ0v) is 10.3. The van der Waals surface area contributed by atoms with Crippen molar-refractivity contribution >= 4 is 11.5 Å². The number of nitro groups is 1. The van der Waals surface area contributed by atoms with Crippen molar-refractivity contribution in [3.8, 4) is 0 Å². The molecule has 2 aromatic carbocycles. The van der Waals surface area contributed by atoms with Gasteiger partial charge in [-0.15, -0.1) is 0 Å². The SMILES string of the molecule is O=C(CCc1cccc([N+](=O)[O-])c1)c1ccccc1. The predicted octanol–water partition coefficient (Wildman–Crippen LogP) is 3.41. The fourth-order valence-electron chi connectivity index (χ4n) is 1.85. The Kier molecular flexibility index (Phi) is 4.03. The van der Waals surface area contributed by atoms with Crippen LogP contribution in [0, 0.1) is 10.1 Å². The van der Waals surface area contributed by atoms with Crippen LogP contribution < -0.4 is 0 Å². The van der Waals surface area contributed by atoms with Gasteiger partial charge in [0, 0.05) is 24.1 Å². The van der Waals surface area contributed by atoms with E-state index in [0.29, 0.717) is 18.4 Å². The van der Waals surface area contributed by atoms with Gasteiger partial charge in [-0.3, -0.25) is 14.9 Å². The molecule has 4 heteroatoms. The highest BCUT2D eigenvalue weighted by Gasteiger charge is 2.08. The number of hydrogen-bond acceptors (Lipinski definition) is 3. The molecule has 0 aliphatic rings. The molecule has 19 heavy (non-hydrogen) atoms. The predicted molar refractivity (Wildman–Crippen MR) is 72.2 cm³/mol. The molecule has 0 fully saturated rings. The molecule has 0 unspecified atom stereocenters. The van der Waals surface area contributed by atoms with E-state index in [1.54, 1.807) is 24.3 Å². The number of benzene rings is 2. The highest BCUT2D eigenvalue weighted by atomic mass is 16.6. The van der Waals surface area contributed by atoms with Gasteiger partial charge < -0.3 is 0 Å². The number of non-ortho nitro benzene ring substituents is 1. The number of carbonyl (C=O) groups excluding carboxylic acids is 1. The Morgan fingerprint density at radius 2 is 1.79 bits per heavy atom. The van der Waals surface area contributed by atoms with Gasteiger partial charge in [0.1, 0.15) is 0 Å². The number of ketones is 1. The van der Waals surface area contributed by atoms with Crippen LogP contribution in [0.2, 0.25) is 0 Å². The van der Waals surface area contributed by atoms with Crippen molar-refractivity contribution in [2.24, 2.45) is 0 Å². The average Bonchev–Trinajstić information content (AvgIpc) is 2.46. The summed E-state index contributed by atoms with van der Waals surface area (Å²) >= 11 is 0. The topological polar surface area (TPSA) is 60.2 Å². The van der Waals surface area contributed by atoms with Crippen LogP contribution in [0.4, 0.5) is 5.69 Å². The lowest BCUT2D eigenvalue weighted by Crippen LogP contribution is -2.01. The lowest BCUT2D eigenvalue weighted by Gasteiger charge is -2.02. The van der Waals surface area contributed by atoms with Crippen LogP contribution in [0.25, 0.3) is 0 Å². The van der Waals surface area contributed by atoms with Gasteiger partial charge in [0.25, 0.3) is 5.69 Å². The molecule has 0 aliphatic heterocycles. The maximum absolute atomic E-state index is 11.9. The van der Waals surface area contributed by atoms with Crippen molar-refractivity contribution in [2.75, 3.05) is 0 Å². The maximum Gasteiger partial charge on any atom is 0.269 e. The summed E-state index contributed by atoms with van der Waals surface area (Å²) in [7, 11) is 0.